The average Bonchev–Trinajstić information content (AvgIpc) is 2.59. The van der Waals surface area contributed by atoms with Crippen molar-refractivity contribution >= 4 is 46.0 Å². The molecule has 1 amide bonds. The highest BCUT2D eigenvalue weighted by Gasteiger charge is 2.11. The first kappa shape index (κ1) is 16.7. The van der Waals surface area contributed by atoms with Gasteiger partial charge in [0.05, 0.1) is 11.3 Å². The number of halogens is 1. The van der Waals surface area contributed by atoms with Crippen LogP contribution in [0.5, 0.6) is 0 Å². The van der Waals surface area contributed by atoms with Crippen molar-refractivity contribution in [3.8, 4) is 0 Å². The van der Waals surface area contributed by atoms with E-state index >= 15 is 0 Å². The van der Waals surface area contributed by atoms with Gasteiger partial charge in [0, 0.05) is 11.1 Å². The lowest BCUT2D eigenvalue weighted by atomic mass is 10.1. The normalized spacial score (nSPS) is 10.9. The molecule has 0 saturated heterocycles. The highest BCUT2D eigenvalue weighted by Crippen LogP contribution is 2.21. The third-order valence-electron chi connectivity index (χ3n) is 3.67. The molecule has 4 nitrogen and oxygen atoms in total. The van der Waals surface area contributed by atoms with Gasteiger partial charge in [-0.2, -0.15) is 0 Å². The van der Waals surface area contributed by atoms with Crippen LogP contribution in [0.2, 0.25) is 5.02 Å². The molecule has 25 heavy (non-hydrogen) atoms. The summed E-state index contributed by atoms with van der Waals surface area (Å²) in [5.41, 5.74) is 1.02. The fourth-order valence-electron chi connectivity index (χ4n) is 2.46. The fraction of sp³-hybridized carbons (Fsp3) is 0. The van der Waals surface area contributed by atoms with E-state index in [1.54, 1.807) is 6.08 Å². The molecule has 3 rings (SSSR count). The lowest BCUT2D eigenvalue weighted by molar-refractivity contribution is -0.111. The number of carboxylic acid groups (broad SMARTS) is 1. The second kappa shape index (κ2) is 7.20. The molecule has 3 aromatic rings. The molecular formula is C20H14ClNO3. The summed E-state index contributed by atoms with van der Waals surface area (Å²) >= 11 is 5.87. The van der Waals surface area contributed by atoms with Crippen LogP contribution in [0.4, 0.5) is 5.69 Å². The Balaban J connectivity index is 1.79. The van der Waals surface area contributed by atoms with Crippen LogP contribution >= 0.6 is 11.6 Å². The SMILES string of the molecule is O=C(/C=C/c1ccc2ccccc2c1)Nc1cc(Cl)ccc1C(=O)O. The molecule has 0 unspecified atom stereocenters. The maximum Gasteiger partial charge on any atom is 0.337 e. The number of carbonyl (C=O) groups is 2. The van der Waals surface area contributed by atoms with Crippen molar-refractivity contribution in [1.82, 2.24) is 0 Å². The largest absolute Gasteiger partial charge is 0.478 e. The number of rotatable bonds is 4. The second-order valence-corrected chi connectivity index (χ2v) is 5.86. The molecule has 0 aromatic heterocycles. The van der Waals surface area contributed by atoms with Crippen LogP contribution in [-0.4, -0.2) is 17.0 Å². The van der Waals surface area contributed by atoms with Crippen LogP contribution in [0.3, 0.4) is 0 Å². The number of anilines is 1. The smallest absolute Gasteiger partial charge is 0.337 e. The van der Waals surface area contributed by atoms with Crippen LogP contribution in [0.15, 0.2) is 66.7 Å². The van der Waals surface area contributed by atoms with Gasteiger partial charge >= 0.3 is 5.97 Å². The van der Waals surface area contributed by atoms with E-state index in [1.165, 1.54) is 24.3 Å². The van der Waals surface area contributed by atoms with Crippen LogP contribution in [0.25, 0.3) is 16.8 Å². The minimum Gasteiger partial charge on any atom is -0.478 e. The van der Waals surface area contributed by atoms with E-state index in [4.69, 9.17) is 16.7 Å². The summed E-state index contributed by atoms with van der Waals surface area (Å²) in [6, 6.07) is 18.0. The Morgan fingerprint density at radius 3 is 2.48 bits per heavy atom. The van der Waals surface area contributed by atoms with E-state index in [0.29, 0.717) is 5.02 Å². The van der Waals surface area contributed by atoms with Gasteiger partial charge in [0.25, 0.3) is 0 Å². The summed E-state index contributed by atoms with van der Waals surface area (Å²) in [6.07, 6.45) is 3.03. The first-order chi connectivity index (χ1) is 12.0. The van der Waals surface area contributed by atoms with Crippen molar-refractivity contribution < 1.29 is 14.7 Å². The zero-order valence-corrected chi connectivity index (χ0v) is 13.8. The van der Waals surface area contributed by atoms with Crippen molar-refractivity contribution in [1.29, 1.82) is 0 Å². The van der Waals surface area contributed by atoms with Crippen LogP contribution in [0, 0.1) is 0 Å². The molecule has 3 aromatic carbocycles. The highest BCUT2D eigenvalue weighted by atomic mass is 35.5. The van der Waals surface area contributed by atoms with Gasteiger partial charge in [-0.3, -0.25) is 4.79 Å². The summed E-state index contributed by atoms with van der Waals surface area (Å²) in [6.45, 7) is 0. The number of hydrogen-bond donors (Lipinski definition) is 2. The van der Waals surface area contributed by atoms with E-state index < -0.39 is 11.9 Å². The molecule has 0 fully saturated rings. The summed E-state index contributed by atoms with van der Waals surface area (Å²) in [7, 11) is 0. The number of aromatic carboxylic acids is 1. The predicted molar refractivity (Wildman–Crippen MR) is 100 cm³/mol. The maximum atomic E-state index is 12.1. The average molecular weight is 352 g/mol. The molecule has 0 heterocycles. The van der Waals surface area contributed by atoms with Gasteiger partial charge in [-0.25, -0.2) is 4.79 Å². The molecule has 0 atom stereocenters. The van der Waals surface area contributed by atoms with Crippen molar-refractivity contribution in [3.05, 3.63) is 82.9 Å². The third kappa shape index (κ3) is 4.05. The van der Waals surface area contributed by atoms with E-state index in [0.717, 1.165) is 16.3 Å². The molecule has 0 aliphatic heterocycles. The summed E-state index contributed by atoms with van der Waals surface area (Å²) in [5, 5.41) is 14.3. The number of benzene rings is 3. The number of carboxylic acids is 1. The Hall–Kier alpha value is -3.11. The Bertz CT molecular complexity index is 995. The minimum absolute atomic E-state index is 0.0168. The second-order valence-electron chi connectivity index (χ2n) is 5.42. The number of hydrogen-bond acceptors (Lipinski definition) is 2. The molecule has 0 aliphatic rings. The molecular weight excluding hydrogens is 338 g/mol. The Morgan fingerprint density at radius 1 is 0.960 bits per heavy atom. The third-order valence-corrected chi connectivity index (χ3v) is 3.91. The zero-order chi connectivity index (χ0) is 17.8. The van der Waals surface area contributed by atoms with E-state index in [9.17, 15) is 9.59 Å². The molecule has 2 N–H and O–H groups in total. The van der Waals surface area contributed by atoms with Gasteiger partial charge in [0.2, 0.25) is 5.91 Å². The first-order valence-electron chi connectivity index (χ1n) is 7.53. The number of fused-ring (bicyclic) bond motifs is 1. The van der Waals surface area contributed by atoms with Crippen LogP contribution in [0.1, 0.15) is 15.9 Å². The van der Waals surface area contributed by atoms with Crippen molar-refractivity contribution in [2.24, 2.45) is 0 Å². The Kier molecular flexibility index (Phi) is 4.82. The highest BCUT2D eigenvalue weighted by molar-refractivity contribution is 6.31. The molecule has 0 radical (unpaired) electrons. The topological polar surface area (TPSA) is 66.4 Å². The van der Waals surface area contributed by atoms with Gasteiger partial charge in [-0.05, 0) is 46.7 Å². The first-order valence-corrected chi connectivity index (χ1v) is 7.91. The van der Waals surface area contributed by atoms with E-state index in [1.807, 2.05) is 42.5 Å². The standard InChI is InChI=1S/C20H14ClNO3/c21-16-8-9-17(20(24)25)18(12-16)22-19(23)10-6-13-5-7-14-3-1-2-4-15(14)11-13/h1-12H,(H,22,23)(H,24,25)/b10-6+. The van der Waals surface area contributed by atoms with Crippen molar-refractivity contribution in [2.75, 3.05) is 5.32 Å². The van der Waals surface area contributed by atoms with Crippen molar-refractivity contribution in [3.63, 3.8) is 0 Å². The van der Waals surface area contributed by atoms with E-state index in [-0.39, 0.29) is 11.3 Å². The molecule has 0 bridgehead atoms. The van der Waals surface area contributed by atoms with Gasteiger partial charge in [0.1, 0.15) is 0 Å². The van der Waals surface area contributed by atoms with E-state index in [2.05, 4.69) is 5.32 Å². The predicted octanol–water partition coefficient (Wildman–Crippen LogP) is 4.84. The molecule has 0 spiro atoms. The number of carbonyl (C=O) groups excluding carboxylic acids is 1. The lowest BCUT2D eigenvalue weighted by Crippen LogP contribution is -2.12. The quantitative estimate of drug-likeness (QED) is 0.661. The van der Waals surface area contributed by atoms with Gasteiger partial charge < -0.3 is 10.4 Å². The molecule has 5 heteroatoms. The molecule has 0 aliphatic carbocycles. The summed E-state index contributed by atoms with van der Waals surface area (Å²) in [5.74, 6) is -1.57. The number of nitrogens with one attached hydrogen (secondary N) is 1. The lowest BCUT2D eigenvalue weighted by Gasteiger charge is -2.07. The maximum absolute atomic E-state index is 12.1. The van der Waals surface area contributed by atoms with Crippen LogP contribution in [-0.2, 0) is 4.79 Å². The Morgan fingerprint density at radius 2 is 1.72 bits per heavy atom. The van der Waals surface area contributed by atoms with Crippen LogP contribution < -0.4 is 5.32 Å². The minimum atomic E-state index is -1.13. The van der Waals surface area contributed by atoms with Crippen molar-refractivity contribution in [2.45, 2.75) is 0 Å². The monoisotopic (exact) mass is 351 g/mol. The summed E-state index contributed by atoms with van der Waals surface area (Å²) in [4.78, 5) is 23.3. The molecule has 0 saturated carbocycles. The molecule has 124 valence electrons. The zero-order valence-electron chi connectivity index (χ0n) is 13.1. The van der Waals surface area contributed by atoms with Gasteiger partial charge in [0.15, 0.2) is 0 Å². The fourth-order valence-corrected chi connectivity index (χ4v) is 2.64. The summed E-state index contributed by atoms with van der Waals surface area (Å²) < 4.78 is 0. The Labute approximate surface area is 149 Å². The number of amides is 1. The van der Waals surface area contributed by atoms with Gasteiger partial charge in [-0.1, -0.05) is 48.0 Å². The van der Waals surface area contributed by atoms with Gasteiger partial charge in [-0.15, -0.1) is 0 Å².